The zero-order valence-corrected chi connectivity index (χ0v) is 13.0. The number of nitrogens with two attached hydrogens (primary N) is 1. The first-order valence-electron chi connectivity index (χ1n) is 7.02. The van der Waals surface area contributed by atoms with Crippen LogP contribution in [0.15, 0.2) is 18.2 Å². The van der Waals surface area contributed by atoms with Crippen LogP contribution >= 0.6 is 23.2 Å². The maximum atomic E-state index is 11.8. The van der Waals surface area contributed by atoms with Crippen molar-refractivity contribution < 1.29 is 4.79 Å². The Balaban J connectivity index is 1.88. The second-order valence-electron chi connectivity index (χ2n) is 5.30. The molecule has 20 heavy (non-hydrogen) atoms. The lowest BCUT2D eigenvalue weighted by Crippen LogP contribution is -2.39. The topological polar surface area (TPSA) is 46.3 Å². The lowest BCUT2D eigenvalue weighted by atomic mass is 9.90. The summed E-state index contributed by atoms with van der Waals surface area (Å²) in [5, 5.41) is 1.50. The van der Waals surface area contributed by atoms with E-state index in [2.05, 4.69) is 0 Å². The van der Waals surface area contributed by atoms with Gasteiger partial charge in [0.25, 0.3) is 0 Å². The molecule has 2 rings (SSSR count). The number of rotatable bonds is 4. The van der Waals surface area contributed by atoms with Gasteiger partial charge in [0.05, 0.1) is 0 Å². The molecule has 1 saturated heterocycles. The molecule has 1 aromatic carbocycles. The minimum absolute atomic E-state index is 0.173. The highest BCUT2D eigenvalue weighted by Crippen LogP contribution is 2.27. The quantitative estimate of drug-likeness (QED) is 0.928. The molecule has 1 fully saturated rings. The molecule has 2 N–H and O–H groups in total. The van der Waals surface area contributed by atoms with Gasteiger partial charge in [0.15, 0.2) is 0 Å². The summed E-state index contributed by atoms with van der Waals surface area (Å²) in [6, 6.07) is 5.59. The summed E-state index contributed by atoms with van der Waals surface area (Å²) in [5.41, 5.74) is 6.52. The Morgan fingerprint density at radius 1 is 1.30 bits per heavy atom. The van der Waals surface area contributed by atoms with Gasteiger partial charge in [0, 0.05) is 36.1 Å². The van der Waals surface area contributed by atoms with Crippen LogP contribution in [0.2, 0.25) is 10.0 Å². The molecule has 0 radical (unpaired) electrons. The van der Waals surface area contributed by atoms with Crippen molar-refractivity contribution >= 4 is 29.1 Å². The zero-order chi connectivity index (χ0) is 14.5. The second kappa shape index (κ2) is 7.30. The summed E-state index contributed by atoms with van der Waals surface area (Å²) in [7, 11) is 0. The molecular weight excluding hydrogens is 295 g/mol. The van der Waals surface area contributed by atoms with E-state index in [0.29, 0.717) is 18.9 Å². The SMILES string of the molecule is NCCC(=O)N1CCC(Cc2cc(Cl)ccc2Cl)CC1. The Hall–Kier alpha value is -0.770. The number of piperidine rings is 1. The Labute approximate surface area is 130 Å². The van der Waals surface area contributed by atoms with Crippen molar-refractivity contribution in [2.24, 2.45) is 11.7 Å². The molecule has 0 bridgehead atoms. The summed E-state index contributed by atoms with van der Waals surface area (Å²) in [5.74, 6) is 0.736. The normalized spacial score (nSPS) is 16.4. The molecule has 0 aromatic heterocycles. The minimum atomic E-state index is 0.173. The molecule has 0 spiro atoms. The molecule has 0 saturated carbocycles. The van der Waals surface area contributed by atoms with Gasteiger partial charge in [-0.3, -0.25) is 4.79 Å². The number of amides is 1. The van der Waals surface area contributed by atoms with Crippen LogP contribution in [-0.2, 0) is 11.2 Å². The van der Waals surface area contributed by atoms with Crippen molar-refractivity contribution in [3.63, 3.8) is 0 Å². The fourth-order valence-electron chi connectivity index (χ4n) is 2.68. The molecule has 5 heteroatoms. The van der Waals surface area contributed by atoms with E-state index in [-0.39, 0.29) is 5.91 Å². The van der Waals surface area contributed by atoms with Crippen LogP contribution in [-0.4, -0.2) is 30.4 Å². The fourth-order valence-corrected chi connectivity index (χ4v) is 3.07. The predicted octanol–water partition coefficient (Wildman–Crippen LogP) is 3.12. The molecule has 1 heterocycles. The third-order valence-electron chi connectivity index (χ3n) is 3.84. The molecule has 0 aliphatic carbocycles. The first-order valence-corrected chi connectivity index (χ1v) is 7.77. The van der Waals surface area contributed by atoms with E-state index in [1.165, 1.54) is 0 Å². The van der Waals surface area contributed by atoms with Gasteiger partial charge >= 0.3 is 0 Å². The predicted molar refractivity (Wildman–Crippen MR) is 83.1 cm³/mol. The largest absolute Gasteiger partial charge is 0.343 e. The van der Waals surface area contributed by atoms with Crippen LogP contribution in [0, 0.1) is 5.92 Å². The number of hydrogen-bond donors (Lipinski definition) is 1. The lowest BCUT2D eigenvalue weighted by Gasteiger charge is -2.32. The number of carbonyl (C=O) groups excluding carboxylic acids is 1. The molecule has 0 atom stereocenters. The number of benzene rings is 1. The highest BCUT2D eigenvalue weighted by Gasteiger charge is 2.22. The monoisotopic (exact) mass is 314 g/mol. The molecule has 0 unspecified atom stereocenters. The first kappa shape index (κ1) is 15.6. The molecule has 110 valence electrons. The fraction of sp³-hybridized carbons (Fsp3) is 0.533. The summed E-state index contributed by atoms with van der Waals surface area (Å²) in [6.45, 7) is 2.07. The summed E-state index contributed by atoms with van der Waals surface area (Å²) < 4.78 is 0. The average Bonchev–Trinajstić information content (AvgIpc) is 2.44. The van der Waals surface area contributed by atoms with Gasteiger partial charge < -0.3 is 10.6 Å². The molecule has 3 nitrogen and oxygen atoms in total. The molecule has 1 amide bonds. The van der Waals surface area contributed by atoms with Crippen LogP contribution in [0.5, 0.6) is 0 Å². The van der Waals surface area contributed by atoms with E-state index in [9.17, 15) is 4.79 Å². The summed E-state index contributed by atoms with van der Waals surface area (Å²) in [6.07, 6.45) is 3.40. The van der Waals surface area contributed by atoms with Gasteiger partial charge in [-0.05, 0) is 48.9 Å². The van der Waals surface area contributed by atoms with E-state index in [0.717, 1.165) is 48.0 Å². The summed E-state index contributed by atoms with van der Waals surface area (Å²) >= 11 is 12.2. The third kappa shape index (κ3) is 4.11. The smallest absolute Gasteiger partial charge is 0.223 e. The van der Waals surface area contributed by atoms with Gasteiger partial charge in [-0.1, -0.05) is 23.2 Å². The van der Waals surface area contributed by atoms with Crippen molar-refractivity contribution in [1.82, 2.24) is 4.90 Å². The maximum absolute atomic E-state index is 11.8. The maximum Gasteiger partial charge on any atom is 0.223 e. The number of nitrogens with zero attached hydrogens (tertiary/aromatic N) is 1. The van der Waals surface area contributed by atoms with Gasteiger partial charge in [0.1, 0.15) is 0 Å². The van der Waals surface area contributed by atoms with E-state index in [1.54, 1.807) is 0 Å². The van der Waals surface area contributed by atoms with Crippen LogP contribution in [0.4, 0.5) is 0 Å². The first-order chi connectivity index (χ1) is 9.60. The number of likely N-dealkylation sites (tertiary alicyclic amines) is 1. The Morgan fingerprint density at radius 3 is 2.65 bits per heavy atom. The average molecular weight is 315 g/mol. The van der Waals surface area contributed by atoms with E-state index < -0.39 is 0 Å². The van der Waals surface area contributed by atoms with E-state index >= 15 is 0 Å². The lowest BCUT2D eigenvalue weighted by molar-refractivity contribution is -0.132. The molecular formula is C15H20Cl2N2O. The Bertz CT molecular complexity index is 471. The van der Waals surface area contributed by atoms with Crippen LogP contribution in [0.3, 0.4) is 0 Å². The van der Waals surface area contributed by atoms with Crippen LogP contribution < -0.4 is 5.73 Å². The molecule has 1 aromatic rings. The van der Waals surface area contributed by atoms with Crippen molar-refractivity contribution in [1.29, 1.82) is 0 Å². The minimum Gasteiger partial charge on any atom is -0.343 e. The Morgan fingerprint density at radius 2 is 2.00 bits per heavy atom. The van der Waals surface area contributed by atoms with Crippen LogP contribution in [0.25, 0.3) is 0 Å². The second-order valence-corrected chi connectivity index (χ2v) is 6.15. The van der Waals surface area contributed by atoms with Crippen molar-refractivity contribution in [3.8, 4) is 0 Å². The highest BCUT2D eigenvalue weighted by atomic mass is 35.5. The molecule has 1 aliphatic rings. The van der Waals surface area contributed by atoms with Gasteiger partial charge in [-0.2, -0.15) is 0 Å². The van der Waals surface area contributed by atoms with Gasteiger partial charge in [0.2, 0.25) is 5.91 Å². The van der Waals surface area contributed by atoms with E-state index in [4.69, 9.17) is 28.9 Å². The Kier molecular flexibility index (Phi) is 5.70. The van der Waals surface area contributed by atoms with Gasteiger partial charge in [-0.15, -0.1) is 0 Å². The standard InChI is InChI=1S/C15H20Cl2N2O/c16-13-1-2-14(17)12(10-13)9-11-4-7-19(8-5-11)15(20)3-6-18/h1-2,10-11H,3-9,18H2. The van der Waals surface area contributed by atoms with E-state index in [1.807, 2.05) is 23.1 Å². The molecule has 1 aliphatic heterocycles. The summed E-state index contributed by atoms with van der Waals surface area (Å²) in [4.78, 5) is 13.7. The zero-order valence-electron chi connectivity index (χ0n) is 11.4. The van der Waals surface area contributed by atoms with Crippen molar-refractivity contribution in [3.05, 3.63) is 33.8 Å². The van der Waals surface area contributed by atoms with Crippen molar-refractivity contribution in [2.75, 3.05) is 19.6 Å². The number of hydrogen-bond acceptors (Lipinski definition) is 2. The highest BCUT2D eigenvalue weighted by molar-refractivity contribution is 6.33. The number of halogens is 2. The third-order valence-corrected chi connectivity index (χ3v) is 4.45. The van der Waals surface area contributed by atoms with Crippen molar-refractivity contribution in [2.45, 2.75) is 25.7 Å². The van der Waals surface area contributed by atoms with Gasteiger partial charge in [-0.25, -0.2) is 0 Å². The number of carbonyl (C=O) groups is 1. The van der Waals surface area contributed by atoms with Crippen LogP contribution in [0.1, 0.15) is 24.8 Å².